The molecule has 4 nitrogen and oxygen atoms in total. The number of furan rings is 1. The first-order chi connectivity index (χ1) is 9.69. The molecule has 20 heavy (non-hydrogen) atoms. The van der Waals surface area contributed by atoms with Crippen molar-refractivity contribution in [3.05, 3.63) is 59.1 Å². The maximum Gasteiger partial charge on any atom is 0.229 e. The van der Waals surface area contributed by atoms with Crippen molar-refractivity contribution < 1.29 is 13.9 Å². The summed E-state index contributed by atoms with van der Waals surface area (Å²) in [5, 5.41) is 1.25. The molecule has 0 atom stereocenters. The van der Waals surface area contributed by atoms with E-state index in [4.69, 9.17) is 20.8 Å². The van der Waals surface area contributed by atoms with E-state index in [1.807, 2.05) is 0 Å². The standard InChI is InChI=1S/C15H10ClNO3/c1-19-13-7-11(16)5-10-6-12(20-15(10)13)14(18)9-3-2-4-17-8-9/h2-8H,1H3. The number of ether oxygens (including phenoxy) is 1. The van der Waals surface area contributed by atoms with Crippen molar-refractivity contribution >= 4 is 28.4 Å². The number of hydrogen-bond acceptors (Lipinski definition) is 4. The number of fused-ring (bicyclic) bond motifs is 1. The lowest BCUT2D eigenvalue weighted by atomic mass is 10.1. The van der Waals surface area contributed by atoms with Gasteiger partial charge in [0.15, 0.2) is 17.1 Å². The Hall–Kier alpha value is -2.33. The van der Waals surface area contributed by atoms with Gasteiger partial charge in [0.1, 0.15) is 0 Å². The lowest BCUT2D eigenvalue weighted by Crippen LogP contribution is -1.99. The number of carbonyl (C=O) groups excluding carboxylic acids is 1. The van der Waals surface area contributed by atoms with Gasteiger partial charge in [-0.25, -0.2) is 0 Å². The Balaban J connectivity index is 2.12. The highest BCUT2D eigenvalue weighted by molar-refractivity contribution is 6.31. The molecule has 2 heterocycles. The molecule has 100 valence electrons. The summed E-state index contributed by atoms with van der Waals surface area (Å²) in [6.45, 7) is 0. The third-order valence-electron chi connectivity index (χ3n) is 2.91. The highest BCUT2D eigenvalue weighted by atomic mass is 35.5. The molecule has 0 amide bonds. The smallest absolute Gasteiger partial charge is 0.229 e. The quantitative estimate of drug-likeness (QED) is 0.689. The van der Waals surface area contributed by atoms with Gasteiger partial charge in [0.25, 0.3) is 0 Å². The van der Waals surface area contributed by atoms with Crippen LogP contribution in [-0.2, 0) is 0 Å². The predicted octanol–water partition coefficient (Wildman–Crippen LogP) is 3.72. The summed E-state index contributed by atoms with van der Waals surface area (Å²) in [6.07, 6.45) is 3.11. The van der Waals surface area contributed by atoms with Crippen LogP contribution >= 0.6 is 11.6 Å². The normalized spacial score (nSPS) is 10.7. The van der Waals surface area contributed by atoms with Crippen molar-refractivity contribution in [1.82, 2.24) is 4.98 Å². The first-order valence-corrected chi connectivity index (χ1v) is 6.28. The molecule has 0 saturated heterocycles. The van der Waals surface area contributed by atoms with Crippen LogP contribution in [0.4, 0.5) is 0 Å². The van der Waals surface area contributed by atoms with Crippen LogP contribution in [0.2, 0.25) is 5.02 Å². The number of nitrogens with zero attached hydrogens (tertiary/aromatic N) is 1. The predicted molar refractivity (Wildman–Crippen MR) is 75.4 cm³/mol. The van der Waals surface area contributed by atoms with Crippen LogP contribution in [0, 0.1) is 0 Å². The molecule has 0 N–H and O–H groups in total. The summed E-state index contributed by atoms with van der Waals surface area (Å²) >= 11 is 5.99. The first-order valence-electron chi connectivity index (χ1n) is 5.91. The van der Waals surface area contributed by atoms with Gasteiger partial charge in [0.05, 0.1) is 7.11 Å². The van der Waals surface area contributed by atoms with Gasteiger partial charge in [0, 0.05) is 34.4 Å². The topological polar surface area (TPSA) is 52.3 Å². The molecule has 0 fully saturated rings. The minimum atomic E-state index is -0.229. The Morgan fingerprint density at radius 2 is 2.20 bits per heavy atom. The SMILES string of the molecule is COc1cc(Cl)cc2cc(C(=O)c3cccnc3)oc12. The summed E-state index contributed by atoms with van der Waals surface area (Å²) in [6, 6.07) is 8.41. The van der Waals surface area contributed by atoms with Gasteiger partial charge < -0.3 is 9.15 Å². The summed E-state index contributed by atoms with van der Waals surface area (Å²) in [7, 11) is 1.52. The molecule has 0 radical (unpaired) electrons. The molecule has 5 heteroatoms. The molecule has 0 aliphatic carbocycles. The van der Waals surface area contributed by atoms with Crippen molar-refractivity contribution in [1.29, 1.82) is 0 Å². The summed E-state index contributed by atoms with van der Waals surface area (Å²) in [4.78, 5) is 16.2. The lowest BCUT2D eigenvalue weighted by Gasteiger charge is -2.00. The minimum Gasteiger partial charge on any atom is -0.493 e. The second-order valence-electron chi connectivity index (χ2n) is 4.21. The minimum absolute atomic E-state index is 0.229. The van der Waals surface area contributed by atoms with Crippen LogP contribution in [-0.4, -0.2) is 17.9 Å². The molecule has 3 aromatic rings. The van der Waals surface area contributed by atoms with E-state index in [0.29, 0.717) is 21.9 Å². The molecule has 1 aromatic carbocycles. The molecule has 0 spiro atoms. The van der Waals surface area contributed by atoms with Gasteiger partial charge in [-0.1, -0.05) is 11.6 Å². The number of methoxy groups -OCH3 is 1. The maximum atomic E-state index is 12.3. The fourth-order valence-electron chi connectivity index (χ4n) is 1.99. The van der Waals surface area contributed by atoms with E-state index in [-0.39, 0.29) is 11.5 Å². The first kappa shape index (κ1) is 12.7. The zero-order chi connectivity index (χ0) is 14.1. The summed E-state index contributed by atoms with van der Waals surface area (Å²) in [5.41, 5.74) is 0.973. The Morgan fingerprint density at radius 3 is 2.90 bits per heavy atom. The highest BCUT2D eigenvalue weighted by Gasteiger charge is 2.17. The second-order valence-corrected chi connectivity index (χ2v) is 4.64. The maximum absolute atomic E-state index is 12.3. The lowest BCUT2D eigenvalue weighted by molar-refractivity contribution is 0.101. The Morgan fingerprint density at radius 1 is 1.35 bits per heavy atom. The molecular weight excluding hydrogens is 278 g/mol. The van der Waals surface area contributed by atoms with Gasteiger partial charge in [-0.15, -0.1) is 0 Å². The number of hydrogen-bond donors (Lipinski definition) is 0. The van der Waals surface area contributed by atoms with Crippen molar-refractivity contribution in [3.8, 4) is 5.75 Å². The number of halogens is 1. The van der Waals surface area contributed by atoms with E-state index in [1.54, 1.807) is 36.5 Å². The number of pyridine rings is 1. The van der Waals surface area contributed by atoms with Crippen LogP contribution < -0.4 is 4.74 Å². The fraction of sp³-hybridized carbons (Fsp3) is 0.0667. The van der Waals surface area contributed by atoms with E-state index >= 15 is 0 Å². The van der Waals surface area contributed by atoms with E-state index < -0.39 is 0 Å². The zero-order valence-electron chi connectivity index (χ0n) is 10.6. The fourth-order valence-corrected chi connectivity index (χ4v) is 2.21. The Kier molecular flexibility index (Phi) is 3.16. The Labute approximate surface area is 119 Å². The molecule has 2 aromatic heterocycles. The van der Waals surface area contributed by atoms with Crippen LogP contribution in [0.5, 0.6) is 5.75 Å². The third kappa shape index (κ3) is 2.14. The number of benzene rings is 1. The number of rotatable bonds is 3. The average molecular weight is 288 g/mol. The van der Waals surface area contributed by atoms with E-state index in [9.17, 15) is 4.79 Å². The highest BCUT2D eigenvalue weighted by Crippen LogP contribution is 2.32. The van der Waals surface area contributed by atoms with Crippen molar-refractivity contribution in [2.24, 2.45) is 0 Å². The van der Waals surface area contributed by atoms with Crippen molar-refractivity contribution in [3.63, 3.8) is 0 Å². The van der Waals surface area contributed by atoms with Crippen LogP contribution in [0.15, 0.2) is 47.1 Å². The van der Waals surface area contributed by atoms with Gasteiger partial charge in [0.2, 0.25) is 5.78 Å². The largest absolute Gasteiger partial charge is 0.493 e. The van der Waals surface area contributed by atoms with Crippen molar-refractivity contribution in [2.45, 2.75) is 0 Å². The van der Waals surface area contributed by atoms with Crippen molar-refractivity contribution in [2.75, 3.05) is 7.11 Å². The number of ketones is 1. The monoisotopic (exact) mass is 287 g/mol. The van der Waals surface area contributed by atoms with Crippen LogP contribution in [0.25, 0.3) is 11.0 Å². The van der Waals surface area contributed by atoms with Gasteiger partial charge >= 0.3 is 0 Å². The Bertz CT molecular complexity index is 780. The molecule has 0 bridgehead atoms. The second kappa shape index (κ2) is 4.98. The molecule has 0 aliphatic rings. The van der Waals surface area contributed by atoms with Gasteiger partial charge in [-0.2, -0.15) is 0 Å². The van der Waals surface area contributed by atoms with E-state index in [0.717, 1.165) is 5.39 Å². The molecular formula is C15H10ClNO3. The summed E-state index contributed by atoms with van der Waals surface area (Å²) in [5.74, 6) is 0.499. The van der Waals surface area contributed by atoms with Crippen LogP contribution in [0.3, 0.4) is 0 Å². The van der Waals surface area contributed by atoms with E-state index in [2.05, 4.69) is 4.98 Å². The molecule has 0 saturated carbocycles. The zero-order valence-corrected chi connectivity index (χ0v) is 11.3. The van der Waals surface area contributed by atoms with Gasteiger partial charge in [-0.05, 0) is 24.3 Å². The number of aromatic nitrogens is 1. The van der Waals surface area contributed by atoms with Gasteiger partial charge in [-0.3, -0.25) is 9.78 Å². The molecule has 0 aliphatic heterocycles. The summed E-state index contributed by atoms with van der Waals surface area (Å²) < 4.78 is 10.8. The average Bonchev–Trinajstić information content (AvgIpc) is 2.90. The van der Waals surface area contributed by atoms with Crippen LogP contribution in [0.1, 0.15) is 16.1 Å². The number of carbonyl (C=O) groups is 1. The molecule has 0 unspecified atom stereocenters. The third-order valence-corrected chi connectivity index (χ3v) is 3.13. The van der Waals surface area contributed by atoms with E-state index in [1.165, 1.54) is 13.3 Å². The molecule has 3 rings (SSSR count).